The first-order valence-corrected chi connectivity index (χ1v) is 17.4. The zero-order valence-corrected chi connectivity index (χ0v) is 30.0. The lowest BCUT2D eigenvalue weighted by molar-refractivity contribution is 0.786. The van der Waals surface area contributed by atoms with Crippen LogP contribution in [0.15, 0.2) is 158 Å². The molecule has 2 aliphatic rings. The van der Waals surface area contributed by atoms with Crippen molar-refractivity contribution in [3.8, 4) is 22.3 Å². The summed E-state index contributed by atoms with van der Waals surface area (Å²) in [6.45, 7) is 22.8. The quantitative estimate of drug-likeness (QED) is 0.172. The molecule has 0 aliphatic heterocycles. The Kier molecular flexibility index (Phi) is 10.8. The van der Waals surface area contributed by atoms with E-state index < -0.39 is 5.41 Å². The maximum Gasteiger partial charge on any atom is 0.0725 e. The van der Waals surface area contributed by atoms with Crippen molar-refractivity contribution in [2.45, 2.75) is 47.0 Å². The maximum atomic E-state index is 4.32. The van der Waals surface area contributed by atoms with Gasteiger partial charge in [0.05, 0.1) is 5.41 Å². The Morgan fingerprint density at radius 1 is 0.551 bits per heavy atom. The predicted octanol–water partition coefficient (Wildman–Crippen LogP) is 13.2. The summed E-state index contributed by atoms with van der Waals surface area (Å²) in [5, 5.41) is 3.41. The Bertz CT molecular complexity index is 2230. The fourth-order valence-electron chi connectivity index (χ4n) is 7.55. The van der Waals surface area contributed by atoms with E-state index in [9.17, 15) is 0 Å². The van der Waals surface area contributed by atoms with Gasteiger partial charge in [-0.05, 0) is 123 Å². The molecule has 244 valence electrons. The van der Waals surface area contributed by atoms with Crippen molar-refractivity contribution in [3.05, 3.63) is 197 Å². The second kappa shape index (κ2) is 15.2. The van der Waals surface area contributed by atoms with Crippen molar-refractivity contribution in [2.24, 2.45) is 0 Å². The fourth-order valence-corrected chi connectivity index (χ4v) is 7.55. The zero-order chi connectivity index (χ0) is 35.1. The SMILES string of the molecule is C=C.C=c1ccc2ccc(-c3ccc4c(c3)C3(C(/C=C\C)=C(/C=C\C)c5ccccc53)c3ccccc3-4)c(ccc(/C=C\C)c1C)c2.CC. The van der Waals surface area contributed by atoms with E-state index in [1.54, 1.807) is 0 Å². The van der Waals surface area contributed by atoms with Gasteiger partial charge in [0.2, 0.25) is 0 Å². The third-order valence-corrected chi connectivity index (χ3v) is 9.59. The molecule has 0 saturated carbocycles. The summed E-state index contributed by atoms with van der Waals surface area (Å²) >= 11 is 0. The second-order valence-corrected chi connectivity index (χ2v) is 12.0. The predicted molar refractivity (Wildman–Crippen MR) is 218 cm³/mol. The zero-order valence-electron chi connectivity index (χ0n) is 30.0. The van der Waals surface area contributed by atoms with Crippen LogP contribution in [0.25, 0.3) is 51.3 Å². The topological polar surface area (TPSA) is 0 Å². The summed E-state index contributed by atoms with van der Waals surface area (Å²) < 4.78 is 0. The second-order valence-electron chi connectivity index (χ2n) is 12.0. The van der Waals surface area contributed by atoms with E-state index in [-0.39, 0.29) is 0 Å². The van der Waals surface area contributed by atoms with Gasteiger partial charge in [-0.25, -0.2) is 0 Å². The van der Waals surface area contributed by atoms with Crippen LogP contribution >= 0.6 is 0 Å². The van der Waals surface area contributed by atoms with Crippen LogP contribution in [0.3, 0.4) is 0 Å². The summed E-state index contributed by atoms with van der Waals surface area (Å²) in [4.78, 5) is 0. The maximum absolute atomic E-state index is 4.32. The van der Waals surface area contributed by atoms with Crippen molar-refractivity contribution >= 4 is 29.0 Å². The van der Waals surface area contributed by atoms with Crippen molar-refractivity contribution in [3.63, 3.8) is 0 Å². The molecule has 0 amide bonds. The number of hydrogen-bond donors (Lipinski definition) is 0. The molecule has 1 spiro atoms. The molecule has 0 heteroatoms. The van der Waals surface area contributed by atoms with Gasteiger partial charge in [-0.2, -0.15) is 0 Å². The van der Waals surface area contributed by atoms with Crippen molar-refractivity contribution in [2.75, 3.05) is 0 Å². The first-order chi connectivity index (χ1) is 24.0. The third-order valence-electron chi connectivity index (χ3n) is 9.59. The highest BCUT2D eigenvalue weighted by molar-refractivity contribution is 5.99. The molecule has 0 saturated heterocycles. The molecule has 0 radical (unpaired) electrons. The van der Waals surface area contributed by atoms with Crippen LogP contribution in [0.2, 0.25) is 0 Å². The molecule has 0 fully saturated rings. The summed E-state index contributed by atoms with van der Waals surface area (Å²) in [5.74, 6) is 0. The molecule has 7 rings (SSSR count). The van der Waals surface area contributed by atoms with E-state index in [2.05, 4.69) is 193 Å². The number of fused-ring (bicyclic) bond motifs is 9. The monoisotopic (exact) mass is 636 g/mol. The van der Waals surface area contributed by atoms with Crippen LogP contribution in [-0.2, 0) is 5.41 Å². The minimum Gasteiger partial charge on any atom is -0.106 e. The minimum atomic E-state index is -0.390. The van der Waals surface area contributed by atoms with Crippen LogP contribution in [0, 0.1) is 6.92 Å². The lowest BCUT2D eigenvalue weighted by Crippen LogP contribution is -2.26. The smallest absolute Gasteiger partial charge is 0.0725 e. The molecular weight excluding hydrogens is 589 g/mol. The van der Waals surface area contributed by atoms with Crippen LogP contribution in [0.1, 0.15) is 68.0 Å². The molecule has 5 aromatic carbocycles. The van der Waals surface area contributed by atoms with Crippen molar-refractivity contribution in [1.29, 1.82) is 0 Å². The lowest BCUT2D eigenvalue weighted by Gasteiger charge is -2.32. The molecule has 0 N–H and O–H groups in total. The molecular formula is C49H48. The van der Waals surface area contributed by atoms with Crippen LogP contribution in [0.4, 0.5) is 0 Å². The van der Waals surface area contributed by atoms with E-state index in [1.807, 2.05) is 13.8 Å². The first-order valence-electron chi connectivity index (χ1n) is 17.4. The molecule has 1 unspecified atom stereocenters. The van der Waals surface area contributed by atoms with E-state index in [0.29, 0.717) is 0 Å². The standard InChI is InChI=1S/C45H38.C2H6.C2H4/c1-6-13-33-23-24-34-28-32(21-20-30(4)31(33)5)22-26-36(34)35-25-27-40-39-17-10-12-19-43(39)45(44(40)29-35)41(15-8-3)37(14-7-2)38-16-9-11-18-42(38)45;2*1-2/h6-29H,4H2,1-3,5H3;1-2H3;1-2H2/b13-6-,14-7-,15-8-,21-20?,24-23?,33-31?;;. The normalized spacial score (nSPS) is 15.6. The molecule has 2 aliphatic carbocycles. The van der Waals surface area contributed by atoms with Crippen LogP contribution in [0.5, 0.6) is 0 Å². The third kappa shape index (κ3) is 5.83. The summed E-state index contributed by atoms with van der Waals surface area (Å²) in [7, 11) is 0. The van der Waals surface area contributed by atoms with Gasteiger partial charge in [-0.15, -0.1) is 13.2 Å². The molecule has 1 atom stereocenters. The molecule has 2 bridgehead atoms. The number of benzene rings is 4. The van der Waals surface area contributed by atoms with Gasteiger partial charge in [-0.3, -0.25) is 0 Å². The first kappa shape index (κ1) is 34.9. The molecule has 5 aromatic rings. The van der Waals surface area contributed by atoms with Gasteiger partial charge in [0.1, 0.15) is 0 Å². The summed E-state index contributed by atoms with van der Waals surface area (Å²) in [6.07, 6.45) is 13.3. The average Bonchev–Trinajstić information content (AvgIpc) is 3.60. The molecule has 0 heterocycles. The van der Waals surface area contributed by atoms with Crippen molar-refractivity contribution < 1.29 is 0 Å². The van der Waals surface area contributed by atoms with Gasteiger partial charge in [-0.1, -0.05) is 154 Å². The highest BCUT2D eigenvalue weighted by atomic mass is 14.5. The molecule has 49 heavy (non-hydrogen) atoms. The van der Waals surface area contributed by atoms with E-state index in [0.717, 1.165) is 5.22 Å². The van der Waals surface area contributed by atoms with Gasteiger partial charge in [0, 0.05) is 0 Å². The number of rotatable bonds is 4. The van der Waals surface area contributed by atoms with E-state index in [4.69, 9.17) is 0 Å². The van der Waals surface area contributed by atoms with Gasteiger partial charge < -0.3 is 0 Å². The van der Waals surface area contributed by atoms with E-state index in [1.165, 1.54) is 77.6 Å². The van der Waals surface area contributed by atoms with Crippen molar-refractivity contribution in [1.82, 2.24) is 0 Å². The van der Waals surface area contributed by atoms with E-state index >= 15 is 0 Å². The Morgan fingerprint density at radius 3 is 1.84 bits per heavy atom. The average molecular weight is 637 g/mol. The Balaban J connectivity index is 0.00000113. The number of allylic oxidation sites excluding steroid dienone is 7. The number of hydrogen-bond acceptors (Lipinski definition) is 0. The highest BCUT2D eigenvalue weighted by Crippen LogP contribution is 2.62. The lowest BCUT2D eigenvalue weighted by atomic mass is 9.69. The Hall–Kier alpha value is -5.46. The van der Waals surface area contributed by atoms with Gasteiger partial charge in [0.25, 0.3) is 0 Å². The largest absolute Gasteiger partial charge is 0.106 e. The summed E-state index contributed by atoms with van der Waals surface area (Å²) in [6, 6.07) is 40.7. The molecule has 0 nitrogen and oxygen atoms in total. The Morgan fingerprint density at radius 2 is 1.14 bits per heavy atom. The minimum absolute atomic E-state index is 0.390. The van der Waals surface area contributed by atoms with Crippen LogP contribution < -0.4 is 5.22 Å². The molecule has 0 aromatic heterocycles. The Labute approximate surface area is 294 Å². The fraction of sp³-hybridized carbons (Fsp3) is 0.143. The van der Waals surface area contributed by atoms with Gasteiger partial charge in [0.15, 0.2) is 0 Å². The summed E-state index contributed by atoms with van der Waals surface area (Å²) in [5.41, 5.74) is 15.1. The van der Waals surface area contributed by atoms with Crippen LogP contribution in [-0.4, -0.2) is 0 Å². The highest BCUT2D eigenvalue weighted by Gasteiger charge is 2.51. The van der Waals surface area contributed by atoms with Gasteiger partial charge >= 0.3 is 0 Å².